The normalized spacial score (nSPS) is 25.8. The molecule has 0 amide bonds. The number of halogens is 3. The van der Waals surface area contributed by atoms with Crippen LogP contribution in [0.2, 0.25) is 0 Å². The zero-order valence-electron chi connectivity index (χ0n) is 10.2. The minimum Gasteiger partial charge on any atom is -0.330 e. The summed E-state index contributed by atoms with van der Waals surface area (Å²) in [5.41, 5.74) is 5.68. The van der Waals surface area contributed by atoms with Crippen LogP contribution in [0.15, 0.2) is 0 Å². The van der Waals surface area contributed by atoms with Crippen LogP contribution in [0.3, 0.4) is 0 Å². The molecule has 0 radical (unpaired) electrons. The fraction of sp³-hybridized carbons (Fsp3) is 1.00. The summed E-state index contributed by atoms with van der Waals surface area (Å²) in [7, 11) is 0. The number of likely N-dealkylation sites (N-methyl/N-ethyl adjacent to an activating group) is 1. The SMILES string of the molecule is CCN(CCOC(F)(F)F)C1CCCC1CN. The molecular formula is C11H21F3N2O. The number of alkyl halides is 3. The fourth-order valence-electron chi connectivity index (χ4n) is 2.61. The van der Waals surface area contributed by atoms with Crippen LogP contribution in [0.5, 0.6) is 0 Å². The van der Waals surface area contributed by atoms with Gasteiger partial charge in [-0.1, -0.05) is 13.3 Å². The lowest BCUT2D eigenvalue weighted by Crippen LogP contribution is -2.42. The van der Waals surface area contributed by atoms with Crippen LogP contribution in [0.4, 0.5) is 13.2 Å². The molecule has 1 aliphatic carbocycles. The Balaban J connectivity index is 2.37. The summed E-state index contributed by atoms with van der Waals surface area (Å²) in [6.07, 6.45) is -1.30. The Morgan fingerprint density at radius 2 is 2.06 bits per heavy atom. The summed E-state index contributed by atoms with van der Waals surface area (Å²) in [5, 5.41) is 0. The lowest BCUT2D eigenvalue weighted by atomic mass is 10.0. The summed E-state index contributed by atoms with van der Waals surface area (Å²) in [4.78, 5) is 2.05. The van der Waals surface area contributed by atoms with Crippen LogP contribution >= 0.6 is 0 Å². The molecule has 1 saturated carbocycles. The maximum atomic E-state index is 11.9. The van der Waals surface area contributed by atoms with Gasteiger partial charge in [0.15, 0.2) is 0 Å². The third-order valence-electron chi connectivity index (χ3n) is 3.44. The number of hydrogen-bond acceptors (Lipinski definition) is 3. The third-order valence-corrected chi connectivity index (χ3v) is 3.44. The molecule has 2 unspecified atom stereocenters. The Labute approximate surface area is 100 Å². The summed E-state index contributed by atoms with van der Waals surface area (Å²) in [6, 6.07) is 0.321. The molecule has 0 aromatic heterocycles. The zero-order valence-corrected chi connectivity index (χ0v) is 10.2. The van der Waals surface area contributed by atoms with Crippen molar-refractivity contribution in [3.8, 4) is 0 Å². The monoisotopic (exact) mass is 254 g/mol. The molecule has 0 saturated heterocycles. The summed E-state index contributed by atoms with van der Waals surface area (Å²) in [5.74, 6) is 0.417. The molecule has 2 N–H and O–H groups in total. The first-order valence-corrected chi connectivity index (χ1v) is 6.12. The first-order valence-electron chi connectivity index (χ1n) is 6.12. The molecule has 1 aliphatic rings. The predicted octanol–water partition coefficient (Wildman–Crippen LogP) is 1.97. The van der Waals surface area contributed by atoms with E-state index in [2.05, 4.69) is 9.64 Å². The number of hydrogen-bond donors (Lipinski definition) is 1. The average Bonchev–Trinajstić information content (AvgIpc) is 2.70. The van der Waals surface area contributed by atoms with Gasteiger partial charge in [-0.3, -0.25) is 9.64 Å². The van der Waals surface area contributed by atoms with Crippen molar-refractivity contribution in [2.24, 2.45) is 11.7 Å². The zero-order chi connectivity index (χ0) is 12.9. The van der Waals surface area contributed by atoms with Crippen molar-refractivity contribution in [1.29, 1.82) is 0 Å². The second-order valence-electron chi connectivity index (χ2n) is 4.42. The van der Waals surface area contributed by atoms with Gasteiger partial charge in [-0.25, -0.2) is 0 Å². The number of rotatable bonds is 6. The minimum atomic E-state index is -4.53. The highest BCUT2D eigenvalue weighted by atomic mass is 19.4. The summed E-state index contributed by atoms with van der Waals surface area (Å²) in [6.45, 7) is 3.32. The van der Waals surface area contributed by atoms with Crippen molar-refractivity contribution in [2.75, 3.05) is 26.2 Å². The van der Waals surface area contributed by atoms with Crippen LogP contribution in [-0.4, -0.2) is 43.5 Å². The van der Waals surface area contributed by atoms with Crippen LogP contribution in [0, 0.1) is 5.92 Å². The standard InChI is InChI=1S/C11H21F3N2O/c1-2-16(6-7-17-11(12,13)14)10-5-3-4-9(10)8-15/h9-10H,2-8,15H2,1H3. The molecule has 3 nitrogen and oxygen atoms in total. The lowest BCUT2D eigenvalue weighted by Gasteiger charge is -2.31. The number of ether oxygens (including phenoxy) is 1. The molecule has 0 heterocycles. The van der Waals surface area contributed by atoms with E-state index >= 15 is 0 Å². The van der Waals surface area contributed by atoms with E-state index in [1.807, 2.05) is 6.92 Å². The van der Waals surface area contributed by atoms with E-state index in [0.29, 0.717) is 25.0 Å². The van der Waals surface area contributed by atoms with Gasteiger partial charge in [0, 0.05) is 12.6 Å². The van der Waals surface area contributed by atoms with E-state index in [1.165, 1.54) is 0 Å². The van der Waals surface area contributed by atoms with E-state index in [-0.39, 0.29) is 6.61 Å². The van der Waals surface area contributed by atoms with Gasteiger partial charge in [0.05, 0.1) is 6.61 Å². The minimum absolute atomic E-state index is 0.300. The highest BCUT2D eigenvalue weighted by Crippen LogP contribution is 2.29. The maximum Gasteiger partial charge on any atom is 0.522 e. The Bertz CT molecular complexity index is 223. The molecule has 6 heteroatoms. The Kier molecular flexibility index (Phi) is 5.69. The highest BCUT2D eigenvalue weighted by Gasteiger charge is 2.32. The van der Waals surface area contributed by atoms with Crippen LogP contribution in [0.1, 0.15) is 26.2 Å². The van der Waals surface area contributed by atoms with E-state index < -0.39 is 6.36 Å². The molecule has 1 rings (SSSR count). The average molecular weight is 254 g/mol. The first kappa shape index (κ1) is 14.7. The Morgan fingerprint density at radius 3 is 2.59 bits per heavy atom. The van der Waals surface area contributed by atoms with E-state index in [4.69, 9.17) is 5.73 Å². The van der Waals surface area contributed by atoms with E-state index in [0.717, 1.165) is 25.8 Å². The molecule has 2 atom stereocenters. The number of nitrogens with two attached hydrogens (primary N) is 1. The molecule has 0 bridgehead atoms. The van der Waals surface area contributed by atoms with Gasteiger partial charge in [-0.2, -0.15) is 0 Å². The van der Waals surface area contributed by atoms with Crippen molar-refractivity contribution in [3.63, 3.8) is 0 Å². The number of nitrogens with zero attached hydrogens (tertiary/aromatic N) is 1. The molecule has 1 fully saturated rings. The van der Waals surface area contributed by atoms with Gasteiger partial charge < -0.3 is 5.73 Å². The largest absolute Gasteiger partial charge is 0.522 e. The fourth-order valence-corrected chi connectivity index (χ4v) is 2.61. The smallest absolute Gasteiger partial charge is 0.330 e. The van der Waals surface area contributed by atoms with Crippen LogP contribution in [-0.2, 0) is 4.74 Å². The van der Waals surface area contributed by atoms with Crippen molar-refractivity contribution in [1.82, 2.24) is 4.90 Å². The Morgan fingerprint density at radius 1 is 1.35 bits per heavy atom. The van der Waals surface area contributed by atoms with Gasteiger partial charge >= 0.3 is 6.36 Å². The van der Waals surface area contributed by atoms with Crippen molar-refractivity contribution >= 4 is 0 Å². The molecule has 0 aromatic carbocycles. The van der Waals surface area contributed by atoms with Crippen LogP contribution in [0.25, 0.3) is 0 Å². The van der Waals surface area contributed by atoms with E-state index in [9.17, 15) is 13.2 Å². The quantitative estimate of drug-likeness (QED) is 0.787. The highest BCUT2D eigenvalue weighted by molar-refractivity contribution is 4.85. The Hall–Kier alpha value is -0.330. The van der Waals surface area contributed by atoms with Gasteiger partial charge in [0.25, 0.3) is 0 Å². The molecule has 0 aliphatic heterocycles. The maximum absolute atomic E-state index is 11.9. The second-order valence-corrected chi connectivity index (χ2v) is 4.42. The molecule has 0 spiro atoms. The summed E-state index contributed by atoms with van der Waals surface area (Å²) >= 11 is 0. The topological polar surface area (TPSA) is 38.5 Å². The van der Waals surface area contributed by atoms with Crippen LogP contribution < -0.4 is 5.73 Å². The van der Waals surface area contributed by atoms with Crippen molar-refractivity contribution in [2.45, 2.75) is 38.6 Å². The molecule has 0 aromatic rings. The first-order chi connectivity index (χ1) is 7.98. The van der Waals surface area contributed by atoms with Gasteiger partial charge in [0.2, 0.25) is 0 Å². The van der Waals surface area contributed by atoms with Gasteiger partial charge in [-0.15, -0.1) is 13.2 Å². The van der Waals surface area contributed by atoms with Gasteiger partial charge in [-0.05, 0) is 31.8 Å². The second kappa shape index (κ2) is 6.56. The molecule has 17 heavy (non-hydrogen) atoms. The predicted molar refractivity (Wildman–Crippen MR) is 59.4 cm³/mol. The van der Waals surface area contributed by atoms with Crippen molar-refractivity contribution in [3.05, 3.63) is 0 Å². The van der Waals surface area contributed by atoms with E-state index in [1.54, 1.807) is 0 Å². The third kappa shape index (κ3) is 4.81. The lowest BCUT2D eigenvalue weighted by molar-refractivity contribution is -0.325. The summed E-state index contributed by atoms with van der Waals surface area (Å²) < 4.78 is 39.4. The van der Waals surface area contributed by atoms with Crippen molar-refractivity contribution < 1.29 is 17.9 Å². The molecule has 102 valence electrons. The van der Waals surface area contributed by atoms with Gasteiger partial charge in [0.1, 0.15) is 0 Å². The molecular weight excluding hydrogens is 233 g/mol.